The predicted molar refractivity (Wildman–Crippen MR) is 118 cm³/mol. The molecule has 13 nitrogen and oxygen atoms in total. The van der Waals surface area contributed by atoms with Crippen LogP contribution in [0.3, 0.4) is 0 Å². The van der Waals surface area contributed by atoms with Gasteiger partial charge in [-0.25, -0.2) is 15.0 Å². The SMILES string of the molecule is Cc1nc(C(F)(F)F)cnc1NCC1C(C)OC(F)(F)CN1C(=O)c1nc(C(O)(O)O)ccc1-n1nccn1. The number of nitrogens with one attached hydrogen (secondary N) is 1. The average molecular weight is 560 g/mol. The Morgan fingerprint density at radius 2 is 1.82 bits per heavy atom. The highest BCUT2D eigenvalue weighted by Gasteiger charge is 2.48. The largest absolute Gasteiger partial charge is 0.434 e. The first-order valence-corrected chi connectivity index (χ1v) is 11.1. The smallest absolute Gasteiger partial charge is 0.366 e. The van der Waals surface area contributed by atoms with Gasteiger partial charge in [-0.05, 0) is 26.0 Å². The van der Waals surface area contributed by atoms with Gasteiger partial charge in [0.25, 0.3) is 5.91 Å². The lowest BCUT2D eigenvalue weighted by atomic mass is 10.1. The van der Waals surface area contributed by atoms with Crippen molar-refractivity contribution in [3.05, 3.63) is 53.5 Å². The van der Waals surface area contributed by atoms with E-state index in [1.54, 1.807) is 0 Å². The number of aliphatic hydroxyl groups is 3. The van der Waals surface area contributed by atoms with Gasteiger partial charge in [0.05, 0.1) is 36.4 Å². The van der Waals surface area contributed by atoms with Crippen molar-refractivity contribution in [2.45, 2.75) is 44.3 Å². The Balaban J connectivity index is 1.69. The summed E-state index contributed by atoms with van der Waals surface area (Å²) in [5.41, 5.74) is -2.92. The molecule has 1 amide bonds. The fraction of sp³-hybridized carbons (Fsp3) is 0.429. The van der Waals surface area contributed by atoms with Gasteiger partial charge in [-0.15, -0.1) is 4.80 Å². The molecule has 0 spiro atoms. The lowest BCUT2D eigenvalue weighted by Crippen LogP contribution is -2.61. The normalized spacial score (nSPS) is 19.7. The van der Waals surface area contributed by atoms with Gasteiger partial charge in [-0.3, -0.25) is 4.79 Å². The van der Waals surface area contributed by atoms with Gasteiger partial charge in [0.15, 0.2) is 11.4 Å². The summed E-state index contributed by atoms with van der Waals surface area (Å²) < 4.78 is 72.4. The molecule has 1 saturated heterocycles. The average Bonchev–Trinajstić information content (AvgIpc) is 3.36. The van der Waals surface area contributed by atoms with E-state index in [1.807, 2.05) is 0 Å². The number of ether oxygens (including phenoxy) is 1. The number of alkyl halides is 5. The number of halogens is 5. The minimum absolute atomic E-state index is 0.0906. The molecule has 4 N–H and O–H groups in total. The Kier molecular flexibility index (Phi) is 7.23. The van der Waals surface area contributed by atoms with Gasteiger partial charge in [0, 0.05) is 6.54 Å². The third-order valence-corrected chi connectivity index (χ3v) is 5.69. The summed E-state index contributed by atoms with van der Waals surface area (Å²) in [6, 6.07) is 0.909. The van der Waals surface area contributed by atoms with Crippen LogP contribution in [0.5, 0.6) is 0 Å². The van der Waals surface area contributed by atoms with Gasteiger partial charge < -0.3 is 30.3 Å². The third-order valence-electron chi connectivity index (χ3n) is 5.69. The molecule has 2 atom stereocenters. The lowest BCUT2D eigenvalue weighted by Gasteiger charge is -2.43. The number of nitrogens with zero attached hydrogens (tertiary/aromatic N) is 7. The van der Waals surface area contributed by atoms with E-state index in [-0.39, 0.29) is 23.7 Å². The van der Waals surface area contributed by atoms with E-state index in [0.29, 0.717) is 11.1 Å². The highest BCUT2D eigenvalue weighted by molar-refractivity contribution is 5.96. The number of pyridine rings is 1. The molecule has 1 aliphatic heterocycles. The van der Waals surface area contributed by atoms with Crippen molar-refractivity contribution in [2.24, 2.45) is 0 Å². The molecule has 0 bridgehead atoms. The number of amides is 1. The van der Waals surface area contributed by atoms with E-state index in [1.165, 1.54) is 26.2 Å². The molecule has 0 aliphatic carbocycles. The minimum Gasteiger partial charge on any atom is -0.366 e. The molecule has 39 heavy (non-hydrogen) atoms. The lowest BCUT2D eigenvalue weighted by molar-refractivity contribution is -0.326. The first-order valence-electron chi connectivity index (χ1n) is 11.1. The summed E-state index contributed by atoms with van der Waals surface area (Å²) in [6.07, 6.45) is -6.84. The molecule has 0 radical (unpaired) electrons. The fourth-order valence-corrected chi connectivity index (χ4v) is 3.88. The van der Waals surface area contributed by atoms with Crippen LogP contribution in [0.1, 0.15) is 34.5 Å². The van der Waals surface area contributed by atoms with Gasteiger partial charge in [-0.1, -0.05) is 0 Å². The molecule has 0 saturated carbocycles. The number of carbonyl (C=O) groups excluding carboxylic acids is 1. The van der Waals surface area contributed by atoms with Gasteiger partial charge in [0.2, 0.25) is 0 Å². The first-order chi connectivity index (χ1) is 18.1. The van der Waals surface area contributed by atoms with Crippen LogP contribution >= 0.6 is 0 Å². The summed E-state index contributed by atoms with van der Waals surface area (Å²) in [5.74, 6) is -4.70. The second-order valence-corrected chi connectivity index (χ2v) is 8.55. The molecule has 4 heterocycles. The number of rotatable bonds is 6. The monoisotopic (exact) mass is 560 g/mol. The highest BCUT2D eigenvalue weighted by atomic mass is 19.4. The number of aryl methyl sites for hydroxylation is 1. The van der Waals surface area contributed by atoms with E-state index in [2.05, 4.69) is 30.5 Å². The molecule has 0 aromatic carbocycles. The molecule has 18 heteroatoms. The maximum absolute atomic E-state index is 14.4. The van der Waals surface area contributed by atoms with Gasteiger partial charge >= 0.3 is 18.3 Å². The van der Waals surface area contributed by atoms with E-state index < -0.39 is 59.9 Å². The van der Waals surface area contributed by atoms with Crippen LogP contribution in [0, 0.1) is 6.92 Å². The molecule has 1 fully saturated rings. The third kappa shape index (κ3) is 6.08. The molecule has 210 valence electrons. The molecule has 3 aromatic heterocycles. The van der Waals surface area contributed by atoms with Crippen molar-refractivity contribution < 1.29 is 46.8 Å². The summed E-state index contributed by atoms with van der Waals surface area (Å²) in [7, 11) is 0. The highest BCUT2D eigenvalue weighted by Crippen LogP contribution is 2.32. The molecule has 2 unspecified atom stereocenters. The molecule has 3 aromatic rings. The Hall–Kier alpha value is -3.87. The van der Waals surface area contributed by atoms with Gasteiger partial charge in [0.1, 0.15) is 23.7 Å². The fourth-order valence-electron chi connectivity index (χ4n) is 3.88. The second-order valence-electron chi connectivity index (χ2n) is 8.55. The topological polar surface area (TPSA) is 172 Å². The molecule has 4 rings (SSSR count). The standard InChI is InChI=1S/C21H21F5N8O5/c1-10-17(28-8-15(31-10)20(24,25)26)27-7-13-11(2)39-19(22,23)9-33(13)18(35)16-12(34-29-5-6-30-34)3-4-14(32-16)21(36,37)38/h3-6,8,11,13,36-38H,7,9H2,1-2H3,(H,27,28). The van der Waals surface area contributed by atoms with Crippen molar-refractivity contribution in [1.29, 1.82) is 0 Å². The molecular formula is C21H21F5N8O5. The number of hydrogen-bond acceptors (Lipinski definition) is 11. The maximum Gasteiger partial charge on any atom is 0.434 e. The zero-order chi connectivity index (χ0) is 28.8. The van der Waals surface area contributed by atoms with Crippen molar-refractivity contribution in [1.82, 2.24) is 34.8 Å². The quantitative estimate of drug-likeness (QED) is 0.248. The Morgan fingerprint density at radius 1 is 1.15 bits per heavy atom. The van der Waals surface area contributed by atoms with Crippen LogP contribution < -0.4 is 5.32 Å². The van der Waals surface area contributed by atoms with Crippen LogP contribution in [0.4, 0.5) is 27.8 Å². The zero-order valence-electron chi connectivity index (χ0n) is 20.1. The van der Waals surface area contributed by atoms with Crippen molar-refractivity contribution in [3.8, 4) is 5.69 Å². The number of carbonyl (C=O) groups is 1. The number of anilines is 1. The maximum atomic E-state index is 14.4. The Bertz CT molecular complexity index is 1350. The Morgan fingerprint density at radius 3 is 2.41 bits per heavy atom. The van der Waals surface area contributed by atoms with E-state index in [0.717, 1.165) is 16.9 Å². The summed E-state index contributed by atoms with van der Waals surface area (Å²) in [4.78, 5) is 26.2. The summed E-state index contributed by atoms with van der Waals surface area (Å²) >= 11 is 0. The van der Waals surface area contributed by atoms with E-state index in [9.17, 15) is 42.1 Å². The van der Waals surface area contributed by atoms with Crippen molar-refractivity contribution in [3.63, 3.8) is 0 Å². The van der Waals surface area contributed by atoms with E-state index >= 15 is 0 Å². The van der Waals surface area contributed by atoms with Crippen molar-refractivity contribution in [2.75, 3.05) is 18.4 Å². The number of aromatic nitrogens is 6. The second kappa shape index (κ2) is 10.0. The van der Waals surface area contributed by atoms with Crippen molar-refractivity contribution >= 4 is 11.7 Å². The van der Waals surface area contributed by atoms with Crippen LogP contribution in [-0.2, 0) is 16.9 Å². The number of hydrogen-bond donors (Lipinski definition) is 4. The molecular weight excluding hydrogens is 539 g/mol. The van der Waals surface area contributed by atoms with Crippen LogP contribution in [0.25, 0.3) is 5.69 Å². The number of morpholine rings is 1. The van der Waals surface area contributed by atoms with Crippen LogP contribution in [-0.4, -0.2) is 87.4 Å². The minimum atomic E-state index is -4.73. The molecule has 1 aliphatic rings. The van der Waals surface area contributed by atoms with Crippen LogP contribution in [0.15, 0.2) is 30.7 Å². The van der Waals surface area contributed by atoms with E-state index in [4.69, 9.17) is 4.74 Å². The zero-order valence-corrected chi connectivity index (χ0v) is 20.1. The summed E-state index contributed by atoms with van der Waals surface area (Å²) in [6.45, 7) is 0.931. The summed E-state index contributed by atoms with van der Waals surface area (Å²) in [5, 5.41) is 39.1. The Labute approximate surface area is 215 Å². The van der Waals surface area contributed by atoms with Gasteiger partial charge in [-0.2, -0.15) is 32.1 Å². The predicted octanol–water partition coefficient (Wildman–Crippen LogP) is 0.801. The van der Waals surface area contributed by atoms with Crippen LogP contribution in [0.2, 0.25) is 0 Å². The first kappa shape index (κ1) is 28.1.